The zero-order valence-corrected chi connectivity index (χ0v) is 11.2. The molecule has 1 amide bonds. The predicted molar refractivity (Wildman–Crippen MR) is 68.6 cm³/mol. The Morgan fingerprint density at radius 3 is 2.71 bits per heavy atom. The molecule has 0 aliphatic carbocycles. The van der Waals surface area contributed by atoms with E-state index in [2.05, 4.69) is 20.1 Å². The first-order valence-electron chi connectivity index (χ1n) is 5.80. The predicted octanol–water partition coefficient (Wildman–Crippen LogP) is 1.68. The molecule has 2 aromatic rings. The molecule has 0 aromatic carbocycles. The van der Waals surface area contributed by atoms with Gasteiger partial charge in [0.15, 0.2) is 5.82 Å². The fourth-order valence-electron chi connectivity index (χ4n) is 1.57. The van der Waals surface area contributed by atoms with Gasteiger partial charge >= 0.3 is 6.61 Å². The third kappa shape index (κ3) is 3.65. The number of pyridine rings is 1. The van der Waals surface area contributed by atoms with Crippen LogP contribution in [0.25, 0.3) is 0 Å². The van der Waals surface area contributed by atoms with Crippen molar-refractivity contribution in [1.82, 2.24) is 14.8 Å². The molecule has 7 nitrogen and oxygen atoms in total. The molecule has 2 heterocycles. The molecule has 0 spiro atoms. The van der Waals surface area contributed by atoms with E-state index in [1.54, 1.807) is 13.1 Å². The Morgan fingerprint density at radius 1 is 1.43 bits per heavy atom. The van der Waals surface area contributed by atoms with E-state index in [0.29, 0.717) is 11.7 Å². The molecule has 0 aliphatic rings. The zero-order valence-electron chi connectivity index (χ0n) is 11.2. The average molecular weight is 298 g/mol. The number of aryl methyl sites for hydroxylation is 1. The number of ether oxygens (including phenoxy) is 2. The maximum absolute atomic E-state index is 12.0. The summed E-state index contributed by atoms with van der Waals surface area (Å²) < 4.78 is 34.5. The Bertz CT molecular complexity index is 628. The molecule has 1 N–H and O–H groups in total. The Balaban J connectivity index is 2.05. The van der Waals surface area contributed by atoms with Crippen LogP contribution in [0.5, 0.6) is 11.8 Å². The summed E-state index contributed by atoms with van der Waals surface area (Å²) in [7, 11) is 3.14. The molecule has 112 valence electrons. The molecule has 0 bridgehead atoms. The summed E-state index contributed by atoms with van der Waals surface area (Å²) in [5, 5.41) is 6.55. The van der Waals surface area contributed by atoms with Crippen molar-refractivity contribution < 1.29 is 23.0 Å². The van der Waals surface area contributed by atoms with E-state index in [9.17, 15) is 13.6 Å². The highest BCUT2D eigenvalue weighted by atomic mass is 19.3. The number of hydrogen-bond acceptors (Lipinski definition) is 5. The normalized spacial score (nSPS) is 10.5. The van der Waals surface area contributed by atoms with Gasteiger partial charge in [-0.1, -0.05) is 0 Å². The van der Waals surface area contributed by atoms with Gasteiger partial charge in [-0.15, -0.1) is 0 Å². The lowest BCUT2D eigenvalue weighted by molar-refractivity contribution is -0.0528. The lowest BCUT2D eigenvalue weighted by Gasteiger charge is -2.04. The monoisotopic (exact) mass is 298 g/mol. The van der Waals surface area contributed by atoms with Crippen LogP contribution in [-0.4, -0.2) is 34.4 Å². The second-order valence-electron chi connectivity index (χ2n) is 3.91. The number of alkyl halides is 2. The fourth-order valence-corrected chi connectivity index (χ4v) is 1.57. The average Bonchev–Trinajstić information content (AvgIpc) is 2.78. The van der Waals surface area contributed by atoms with Crippen LogP contribution in [0.15, 0.2) is 24.4 Å². The van der Waals surface area contributed by atoms with Gasteiger partial charge in [0.25, 0.3) is 5.91 Å². The van der Waals surface area contributed by atoms with Crippen LogP contribution in [-0.2, 0) is 7.05 Å². The lowest BCUT2D eigenvalue weighted by atomic mass is 10.2. The van der Waals surface area contributed by atoms with Gasteiger partial charge in [0.1, 0.15) is 0 Å². The molecule has 2 rings (SSSR count). The van der Waals surface area contributed by atoms with Gasteiger partial charge < -0.3 is 14.8 Å². The number of aromatic nitrogens is 3. The molecular formula is C12H12F2N4O3. The third-order valence-electron chi connectivity index (χ3n) is 2.50. The minimum atomic E-state index is -2.96. The van der Waals surface area contributed by atoms with Crippen LogP contribution in [0, 0.1) is 0 Å². The first kappa shape index (κ1) is 14.7. The minimum absolute atomic E-state index is 0.182. The van der Waals surface area contributed by atoms with Crippen molar-refractivity contribution in [3.63, 3.8) is 0 Å². The first-order chi connectivity index (χ1) is 9.99. The highest BCUT2D eigenvalue weighted by molar-refractivity contribution is 6.03. The van der Waals surface area contributed by atoms with Crippen LogP contribution in [0.4, 0.5) is 14.6 Å². The highest BCUT2D eigenvalue weighted by Gasteiger charge is 2.12. The summed E-state index contributed by atoms with van der Waals surface area (Å²) in [4.78, 5) is 15.5. The molecule has 9 heteroatoms. The number of carbonyl (C=O) groups excluding carboxylic acids is 1. The van der Waals surface area contributed by atoms with Crippen LogP contribution >= 0.6 is 0 Å². The molecule has 0 saturated heterocycles. The highest BCUT2D eigenvalue weighted by Crippen LogP contribution is 2.16. The quantitative estimate of drug-likeness (QED) is 0.908. The van der Waals surface area contributed by atoms with Gasteiger partial charge in [0.2, 0.25) is 11.8 Å². The Labute approximate surface area is 118 Å². The van der Waals surface area contributed by atoms with Gasteiger partial charge in [-0.3, -0.25) is 4.79 Å². The number of amides is 1. The van der Waals surface area contributed by atoms with E-state index in [-0.39, 0.29) is 11.4 Å². The lowest BCUT2D eigenvalue weighted by Crippen LogP contribution is -2.13. The number of nitrogens with zero attached hydrogens (tertiary/aromatic N) is 3. The zero-order chi connectivity index (χ0) is 15.4. The van der Waals surface area contributed by atoms with Gasteiger partial charge in [0.05, 0.1) is 12.7 Å². The smallest absolute Gasteiger partial charge is 0.388 e. The van der Waals surface area contributed by atoms with Crippen LogP contribution in [0.2, 0.25) is 0 Å². The molecule has 0 atom stereocenters. The van der Waals surface area contributed by atoms with Crippen LogP contribution in [0.1, 0.15) is 10.4 Å². The second kappa shape index (κ2) is 6.16. The summed E-state index contributed by atoms with van der Waals surface area (Å²) in [6.07, 6.45) is 1.13. The second-order valence-corrected chi connectivity index (χ2v) is 3.91. The standard InChI is InChI=1S/C12H12F2N4O3/c1-18-10(20-2)5-8(17-18)16-11(19)7-3-4-9(15-6-7)21-12(13)14/h3-6,12H,1-2H3,(H,16,17,19). The van der Waals surface area contributed by atoms with E-state index in [1.165, 1.54) is 23.9 Å². The maximum atomic E-state index is 12.0. The molecule has 0 unspecified atom stereocenters. The minimum Gasteiger partial charge on any atom is -0.481 e. The summed E-state index contributed by atoms with van der Waals surface area (Å²) >= 11 is 0. The number of carbonyl (C=O) groups is 1. The molecule has 0 radical (unpaired) electrons. The van der Waals surface area contributed by atoms with Crippen LogP contribution < -0.4 is 14.8 Å². The third-order valence-corrected chi connectivity index (χ3v) is 2.50. The number of nitrogens with one attached hydrogen (secondary N) is 1. The summed E-state index contributed by atoms with van der Waals surface area (Å²) in [5.74, 6) is 0.0317. The Hall–Kier alpha value is -2.71. The number of rotatable bonds is 5. The SMILES string of the molecule is COc1cc(NC(=O)c2ccc(OC(F)F)nc2)nn1C. The van der Waals surface area contributed by atoms with E-state index in [1.807, 2.05) is 0 Å². The van der Waals surface area contributed by atoms with Crippen molar-refractivity contribution in [3.8, 4) is 11.8 Å². The van der Waals surface area contributed by atoms with Gasteiger partial charge in [-0.2, -0.15) is 13.9 Å². The maximum Gasteiger partial charge on any atom is 0.388 e. The van der Waals surface area contributed by atoms with E-state index in [4.69, 9.17) is 4.74 Å². The summed E-state index contributed by atoms with van der Waals surface area (Å²) in [6, 6.07) is 4.04. The number of halogens is 2. The molecule has 2 aromatic heterocycles. The molecule has 0 saturated carbocycles. The van der Waals surface area contributed by atoms with Crippen molar-refractivity contribution in [2.75, 3.05) is 12.4 Å². The van der Waals surface area contributed by atoms with Crippen molar-refractivity contribution in [2.24, 2.45) is 7.05 Å². The topological polar surface area (TPSA) is 78.3 Å². The molecule has 21 heavy (non-hydrogen) atoms. The fraction of sp³-hybridized carbons (Fsp3) is 0.250. The van der Waals surface area contributed by atoms with E-state index >= 15 is 0 Å². The molecule has 0 aliphatic heterocycles. The molecule has 0 fully saturated rings. The van der Waals surface area contributed by atoms with Crippen molar-refractivity contribution in [1.29, 1.82) is 0 Å². The summed E-state index contributed by atoms with van der Waals surface area (Å²) in [5.41, 5.74) is 0.182. The summed E-state index contributed by atoms with van der Waals surface area (Å²) in [6.45, 7) is -2.96. The first-order valence-corrected chi connectivity index (χ1v) is 5.80. The van der Waals surface area contributed by atoms with E-state index in [0.717, 1.165) is 6.20 Å². The number of anilines is 1. The van der Waals surface area contributed by atoms with Gasteiger partial charge in [-0.25, -0.2) is 9.67 Å². The number of methoxy groups -OCH3 is 1. The van der Waals surface area contributed by atoms with Crippen molar-refractivity contribution in [2.45, 2.75) is 6.61 Å². The van der Waals surface area contributed by atoms with E-state index < -0.39 is 12.5 Å². The van der Waals surface area contributed by atoms with Gasteiger partial charge in [-0.05, 0) is 6.07 Å². The Morgan fingerprint density at radius 2 is 2.19 bits per heavy atom. The largest absolute Gasteiger partial charge is 0.481 e. The van der Waals surface area contributed by atoms with Crippen molar-refractivity contribution in [3.05, 3.63) is 30.0 Å². The Kier molecular flexibility index (Phi) is 4.31. The van der Waals surface area contributed by atoms with Crippen LogP contribution in [0.3, 0.4) is 0 Å². The van der Waals surface area contributed by atoms with Crippen molar-refractivity contribution >= 4 is 11.7 Å². The number of hydrogen-bond donors (Lipinski definition) is 1. The van der Waals surface area contributed by atoms with Gasteiger partial charge in [0, 0.05) is 25.4 Å². The molecular weight excluding hydrogens is 286 g/mol.